The van der Waals surface area contributed by atoms with Gasteiger partial charge in [-0.3, -0.25) is 9.69 Å². The summed E-state index contributed by atoms with van der Waals surface area (Å²) in [5.74, 6) is -1.29. The smallest absolute Gasteiger partial charge is 0.244 e. The number of nitrogens with one attached hydrogen (secondary N) is 2. The molecule has 1 fully saturated rings. The first-order chi connectivity index (χ1) is 14.3. The number of carbonyl (C=O) groups excluding carboxylic acids is 1. The van der Waals surface area contributed by atoms with Gasteiger partial charge in [-0.2, -0.15) is 4.72 Å². The molecule has 0 radical (unpaired) electrons. The number of benzene rings is 2. The van der Waals surface area contributed by atoms with Crippen LogP contribution in [-0.4, -0.2) is 50.9 Å². The Bertz CT molecular complexity index is 965. The predicted molar refractivity (Wildman–Crippen MR) is 114 cm³/mol. The van der Waals surface area contributed by atoms with E-state index in [0.717, 1.165) is 24.5 Å². The molecule has 1 saturated carbocycles. The van der Waals surface area contributed by atoms with Crippen molar-refractivity contribution in [1.29, 1.82) is 0 Å². The first-order valence-corrected chi connectivity index (χ1v) is 11.6. The zero-order chi connectivity index (χ0) is 21.7. The van der Waals surface area contributed by atoms with E-state index in [1.54, 1.807) is 0 Å². The van der Waals surface area contributed by atoms with Crippen LogP contribution in [0, 0.1) is 5.82 Å². The lowest BCUT2D eigenvalue weighted by molar-refractivity contribution is -0.122. The Morgan fingerprint density at radius 2 is 1.77 bits per heavy atom. The van der Waals surface area contributed by atoms with E-state index >= 15 is 0 Å². The van der Waals surface area contributed by atoms with Gasteiger partial charge < -0.3 is 5.32 Å². The molecule has 6 nitrogen and oxygen atoms in total. The lowest BCUT2D eigenvalue weighted by atomic mass is 10.1. The van der Waals surface area contributed by atoms with Crippen LogP contribution in [0.2, 0.25) is 0 Å². The molecule has 1 aliphatic rings. The molecule has 2 atom stereocenters. The molecule has 2 aromatic rings. The molecule has 0 heterocycles. The van der Waals surface area contributed by atoms with Crippen LogP contribution in [-0.2, 0) is 21.2 Å². The summed E-state index contributed by atoms with van der Waals surface area (Å²) in [5.41, 5.74) is 0.803. The van der Waals surface area contributed by atoms with E-state index in [1.807, 2.05) is 44.3 Å². The monoisotopic (exact) mass is 433 g/mol. The summed E-state index contributed by atoms with van der Waals surface area (Å²) in [5, 5.41) is 2.85. The first-order valence-electron chi connectivity index (χ1n) is 10.1. The number of nitrogens with zero attached hydrogens (tertiary/aromatic N) is 1. The molecule has 3 rings (SSSR count). The Kier molecular flexibility index (Phi) is 7.23. The minimum absolute atomic E-state index is 0.127. The number of hydrogen-bond donors (Lipinski definition) is 2. The van der Waals surface area contributed by atoms with Gasteiger partial charge in [-0.1, -0.05) is 42.5 Å². The molecule has 0 aromatic heterocycles. The van der Waals surface area contributed by atoms with Crippen molar-refractivity contribution >= 4 is 15.9 Å². The molecule has 2 N–H and O–H groups in total. The molecule has 8 heteroatoms. The molecule has 0 spiro atoms. The van der Waals surface area contributed by atoms with Crippen LogP contribution in [0.4, 0.5) is 4.39 Å². The molecular formula is C22H28FN3O3S. The van der Waals surface area contributed by atoms with Gasteiger partial charge in [0.25, 0.3) is 0 Å². The van der Waals surface area contributed by atoms with Crippen LogP contribution in [0.5, 0.6) is 0 Å². The lowest BCUT2D eigenvalue weighted by Gasteiger charge is -2.26. The van der Waals surface area contributed by atoms with E-state index in [4.69, 9.17) is 0 Å². The number of rotatable bonds is 10. The van der Waals surface area contributed by atoms with Gasteiger partial charge in [0, 0.05) is 18.6 Å². The summed E-state index contributed by atoms with van der Waals surface area (Å²) >= 11 is 0. The highest BCUT2D eigenvalue weighted by Gasteiger charge is 2.31. The molecule has 2 unspecified atom stereocenters. The lowest BCUT2D eigenvalue weighted by Crippen LogP contribution is -2.50. The fourth-order valence-corrected chi connectivity index (χ4v) is 4.58. The third-order valence-electron chi connectivity index (χ3n) is 5.41. The number of carbonyl (C=O) groups is 1. The maximum atomic E-state index is 14.1. The molecule has 0 saturated heterocycles. The number of halogens is 1. The summed E-state index contributed by atoms with van der Waals surface area (Å²) in [7, 11) is -2.19. The van der Waals surface area contributed by atoms with Crippen molar-refractivity contribution in [2.75, 3.05) is 13.6 Å². The van der Waals surface area contributed by atoms with Crippen LogP contribution in [0.1, 0.15) is 25.3 Å². The van der Waals surface area contributed by atoms with Crippen molar-refractivity contribution in [2.24, 2.45) is 0 Å². The maximum absolute atomic E-state index is 14.1. The molecule has 1 amide bonds. The molecule has 2 aromatic carbocycles. The molecular weight excluding hydrogens is 405 g/mol. The van der Waals surface area contributed by atoms with Gasteiger partial charge in [0.1, 0.15) is 16.8 Å². The third kappa shape index (κ3) is 5.87. The maximum Gasteiger partial charge on any atom is 0.244 e. The Hall–Kier alpha value is -2.29. The van der Waals surface area contributed by atoms with Gasteiger partial charge in [-0.15, -0.1) is 0 Å². The van der Waals surface area contributed by atoms with Crippen molar-refractivity contribution in [3.63, 3.8) is 0 Å². The van der Waals surface area contributed by atoms with Gasteiger partial charge in [0.15, 0.2) is 0 Å². The Balaban J connectivity index is 1.74. The van der Waals surface area contributed by atoms with Crippen LogP contribution in [0.3, 0.4) is 0 Å². The zero-order valence-electron chi connectivity index (χ0n) is 17.2. The zero-order valence-corrected chi connectivity index (χ0v) is 18.0. The SMILES string of the molecule is CC(CNC(=O)C(Cc1ccccc1)NS(=O)(=O)c1ccccc1F)N(C)C1CC1. The summed E-state index contributed by atoms with van der Waals surface area (Å²) in [6.45, 7) is 2.42. The number of amides is 1. The van der Waals surface area contributed by atoms with E-state index in [1.165, 1.54) is 18.2 Å². The van der Waals surface area contributed by atoms with E-state index in [0.29, 0.717) is 12.6 Å². The first kappa shape index (κ1) is 22.4. The van der Waals surface area contributed by atoms with Gasteiger partial charge in [0.05, 0.1) is 0 Å². The summed E-state index contributed by atoms with van der Waals surface area (Å²) in [6, 6.07) is 13.9. The second-order valence-corrected chi connectivity index (χ2v) is 9.47. The fourth-order valence-electron chi connectivity index (χ4n) is 3.31. The number of hydrogen-bond acceptors (Lipinski definition) is 4. The molecule has 0 bridgehead atoms. The highest BCUT2D eigenvalue weighted by Crippen LogP contribution is 2.26. The van der Waals surface area contributed by atoms with Crippen LogP contribution in [0.25, 0.3) is 0 Å². The second kappa shape index (κ2) is 9.68. The Labute approximate surface area is 177 Å². The average Bonchev–Trinajstić information content (AvgIpc) is 3.57. The highest BCUT2D eigenvalue weighted by atomic mass is 32.2. The summed E-state index contributed by atoms with van der Waals surface area (Å²) < 4.78 is 42.0. The van der Waals surface area contributed by atoms with E-state index in [-0.39, 0.29) is 12.5 Å². The van der Waals surface area contributed by atoms with Gasteiger partial charge >= 0.3 is 0 Å². The third-order valence-corrected chi connectivity index (χ3v) is 6.92. The predicted octanol–water partition coefficient (Wildman–Crippen LogP) is 2.31. The molecule has 1 aliphatic carbocycles. The quantitative estimate of drug-likeness (QED) is 0.603. The highest BCUT2D eigenvalue weighted by molar-refractivity contribution is 7.89. The molecule has 0 aliphatic heterocycles. The number of likely N-dealkylation sites (N-methyl/N-ethyl adjacent to an activating group) is 1. The second-order valence-electron chi connectivity index (χ2n) is 7.78. The van der Waals surface area contributed by atoms with Crippen molar-refractivity contribution in [3.05, 3.63) is 66.0 Å². The van der Waals surface area contributed by atoms with Crippen LogP contribution in [0.15, 0.2) is 59.5 Å². The summed E-state index contributed by atoms with van der Waals surface area (Å²) in [6.07, 6.45) is 2.48. The largest absolute Gasteiger partial charge is 0.353 e. The Morgan fingerprint density at radius 1 is 1.13 bits per heavy atom. The van der Waals surface area contributed by atoms with Crippen molar-refractivity contribution in [1.82, 2.24) is 14.9 Å². The van der Waals surface area contributed by atoms with E-state index in [9.17, 15) is 17.6 Å². The normalized spacial score (nSPS) is 16.3. The average molecular weight is 434 g/mol. The van der Waals surface area contributed by atoms with Crippen molar-refractivity contribution < 1.29 is 17.6 Å². The Morgan fingerprint density at radius 3 is 2.40 bits per heavy atom. The van der Waals surface area contributed by atoms with E-state index in [2.05, 4.69) is 14.9 Å². The minimum atomic E-state index is -4.21. The molecule has 162 valence electrons. The van der Waals surface area contributed by atoms with Gasteiger partial charge in [0.2, 0.25) is 15.9 Å². The minimum Gasteiger partial charge on any atom is -0.353 e. The van der Waals surface area contributed by atoms with Crippen LogP contribution < -0.4 is 10.0 Å². The molecule has 30 heavy (non-hydrogen) atoms. The standard InChI is InChI=1S/C22H28FN3O3S/c1-16(26(2)18-12-13-18)15-24-22(27)20(14-17-8-4-3-5-9-17)25-30(28,29)21-11-7-6-10-19(21)23/h3-11,16,18,20,25H,12-15H2,1-2H3,(H,24,27). The van der Waals surface area contributed by atoms with Crippen molar-refractivity contribution in [2.45, 2.75) is 49.2 Å². The topological polar surface area (TPSA) is 78.5 Å². The van der Waals surface area contributed by atoms with Crippen molar-refractivity contribution in [3.8, 4) is 0 Å². The summed E-state index contributed by atoms with van der Waals surface area (Å²) in [4.78, 5) is 14.6. The fraction of sp³-hybridized carbons (Fsp3) is 0.409. The van der Waals surface area contributed by atoms with E-state index < -0.39 is 32.7 Å². The van der Waals surface area contributed by atoms with Gasteiger partial charge in [-0.25, -0.2) is 12.8 Å². The number of sulfonamides is 1. The van der Waals surface area contributed by atoms with Crippen LogP contribution >= 0.6 is 0 Å². The van der Waals surface area contributed by atoms with Gasteiger partial charge in [-0.05, 0) is 50.9 Å².